The Labute approximate surface area is 128 Å². The van der Waals surface area contributed by atoms with Crippen LogP contribution >= 0.6 is 11.8 Å². The normalized spacial score (nSPS) is 17.1. The molecule has 0 saturated carbocycles. The predicted octanol–water partition coefficient (Wildman–Crippen LogP) is -0.553. The van der Waals surface area contributed by atoms with Crippen molar-refractivity contribution in [2.75, 3.05) is 25.1 Å². The molecule has 8 nitrogen and oxygen atoms in total. The first-order valence-electron chi connectivity index (χ1n) is 6.57. The van der Waals surface area contributed by atoms with Crippen LogP contribution in [-0.4, -0.2) is 65.1 Å². The quantitative estimate of drug-likeness (QED) is 0.726. The molecule has 0 aliphatic carbocycles. The first-order chi connectivity index (χ1) is 9.85. The van der Waals surface area contributed by atoms with Crippen molar-refractivity contribution >= 4 is 27.7 Å². The number of nitrogens with zero attached hydrogens (tertiary/aromatic N) is 4. The molecule has 1 N–H and O–H groups in total. The van der Waals surface area contributed by atoms with Crippen molar-refractivity contribution in [3.05, 3.63) is 6.33 Å². The SMILES string of the molecule is Cn1cnnc1SCC(=O)N1CCC(NS(C)(=O)=O)CC1. The van der Waals surface area contributed by atoms with Crippen molar-refractivity contribution in [2.24, 2.45) is 7.05 Å². The lowest BCUT2D eigenvalue weighted by Gasteiger charge is -2.31. The highest BCUT2D eigenvalue weighted by molar-refractivity contribution is 7.99. The molecule has 2 heterocycles. The number of carbonyl (C=O) groups is 1. The van der Waals surface area contributed by atoms with Gasteiger partial charge in [0.05, 0.1) is 12.0 Å². The monoisotopic (exact) mass is 333 g/mol. The third kappa shape index (κ3) is 4.97. The maximum absolute atomic E-state index is 12.1. The molecule has 0 spiro atoms. The van der Waals surface area contributed by atoms with Gasteiger partial charge in [-0.15, -0.1) is 10.2 Å². The number of likely N-dealkylation sites (tertiary alicyclic amines) is 1. The summed E-state index contributed by atoms with van der Waals surface area (Å²) < 4.78 is 26.7. The average Bonchev–Trinajstić information content (AvgIpc) is 2.80. The number of amides is 1. The van der Waals surface area contributed by atoms with Gasteiger partial charge in [0.15, 0.2) is 5.16 Å². The Morgan fingerprint density at radius 2 is 2.14 bits per heavy atom. The molecule has 1 fully saturated rings. The molecule has 21 heavy (non-hydrogen) atoms. The van der Waals surface area contributed by atoms with Gasteiger partial charge < -0.3 is 9.47 Å². The fraction of sp³-hybridized carbons (Fsp3) is 0.727. The second kappa shape index (κ2) is 6.75. The van der Waals surface area contributed by atoms with Crippen LogP contribution in [0.4, 0.5) is 0 Å². The van der Waals surface area contributed by atoms with Crippen LogP contribution in [0.3, 0.4) is 0 Å². The molecule has 1 aromatic rings. The Kier molecular flexibility index (Phi) is 5.22. The van der Waals surface area contributed by atoms with Gasteiger partial charge in [0.2, 0.25) is 15.9 Å². The number of carbonyl (C=O) groups excluding carboxylic acids is 1. The van der Waals surface area contributed by atoms with E-state index in [0.717, 1.165) is 6.26 Å². The van der Waals surface area contributed by atoms with E-state index in [2.05, 4.69) is 14.9 Å². The third-order valence-corrected chi connectivity index (χ3v) is 5.00. The van der Waals surface area contributed by atoms with Gasteiger partial charge >= 0.3 is 0 Å². The number of hydrogen-bond donors (Lipinski definition) is 1. The van der Waals surface area contributed by atoms with Crippen molar-refractivity contribution < 1.29 is 13.2 Å². The van der Waals surface area contributed by atoms with Crippen LogP contribution in [0.1, 0.15) is 12.8 Å². The van der Waals surface area contributed by atoms with E-state index in [9.17, 15) is 13.2 Å². The highest BCUT2D eigenvalue weighted by Gasteiger charge is 2.24. The van der Waals surface area contributed by atoms with Crippen LogP contribution in [0.25, 0.3) is 0 Å². The highest BCUT2D eigenvalue weighted by Crippen LogP contribution is 2.17. The van der Waals surface area contributed by atoms with Crippen LogP contribution < -0.4 is 4.72 Å². The summed E-state index contributed by atoms with van der Waals surface area (Å²) in [4.78, 5) is 13.9. The minimum atomic E-state index is -3.18. The molecule has 1 saturated heterocycles. The van der Waals surface area contributed by atoms with E-state index in [0.29, 0.717) is 36.8 Å². The fourth-order valence-electron chi connectivity index (χ4n) is 2.17. The lowest BCUT2D eigenvalue weighted by Crippen LogP contribution is -2.46. The molecule has 118 valence electrons. The van der Waals surface area contributed by atoms with Gasteiger partial charge in [-0.05, 0) is 12.8 Å². The molecule has 1 aliphatic rings. The second-order valence-electron chi connectivity index (χ2n) is 5.06. The van der Waals surface area contributed by atoms with E-state index in [1.165, 1.54) is 11.8 Å². The van der Waals surface area contributed by atoms with E-state index in [1.54, 1.807) is 15.8 Å². The van der Waals surface area contributed by atoms with Crippen LogP contribution in [0.5, 0.6) is 0 Å². The van der Waals surface area contributed by atoms with E-state index in [1.807, 2.05) is 7.05 Å². The number of rotatable bonds is 5. The molecular weight excluding hydrogens is 314 g/mol. The fourth-order valence-corrected chi connectivity index (χ4v) is 3.80. The van der Waals surface area contributed by atoms with Crippen LogP contribution in [0, 0.1) is 0 Å². The van der Waals surface area contributed by atoms with Gasteiger partial charge in [0.1, 0.15) is 6.33 Å². The first-order valence-corrected chi connectivity index (χ1v) is 9.45. The summed E-state index contributed by atoms with van der Waals surface area (Å²) in [6.45, 7) is 1.15. The largest absolute Gasteiger partial charge is 0.342 e. The Morgan fingerprint density at radius 1 is 1.48 bits per heavy atom. The van der Waals surface area contributed by atoms with Gasteiger partial charge in [-0.2, -0.15) is 0 Å². The number of nitrogens with one attached hydrogen (secondary N) is 1. The molecule has 0 aromatic carbocycles. The number of aromatic nitrogens is 3. The number of thioether (sulfide) groups is 1. The molecule has 2 rings (SSSR count). The van der Waals surface area contributed by atoms with Crippen molar-refractivity contribution in [1.82, 2.24) is 24.4 Å². The Morgan fingerprint density at radius 3 is 2.67 bits per heavy atom. The van der Waals surface area contributed by atoms with Crippen molar-refractivity contribution in [1.29, 1.82) is 0 Å². The Hall–Kier alpha value is -1.13. The van der Waals surface area contributed by atoms with Crippen LogP contribution in [0.2, 0.25) is 0 Å². The summed E-state index contributed by atoms with van der Waals surface area (Å²) in [5.74, 6) is 0.359. The molecular formula is C11H19N5O3S2. The maximum atomic E-state index is 12.1. The molecule has 0 radical (unpaired) electrons. The van der Waals surface area contributed by atoms with Crippen molar-refractivity contribution in [3.8, 4) is 0 Å². The number of piperidine rings is 1. The summed E-state index contributed by atoms with van der Waals surface area (Å²) >= 11 is 1.35. The summed E-state index contributed by atoms with van der Waals surface area (Å²) in [5.41, 5.74) is 0. The van der Waals surface area contributed by atoms with Crippen LogP contribution in [-0.2, 0) is 21.9 Å². The Balaban J connectivity index is 1.77. The smallest absolute Gasteiger partial charge is 0.233 e. The zero-order valence-electron chi connectivity index (χ0n) is 12.0. The predicted molar refractivity (Wildman–Crippen MR) is 79.3 cm³/mol. The number of aryl methyl sites for hydroxylation is 1. The van der Waals surface area contributed by atoms with Gasteiger partial charge in [-0.25, -0.2) is 13.1 Å². The highest BCUT2D eigenvalue weighted by atomic mass is 32.2. The minimum Gasteiger partial charge on any atom is -0.342 e. The van der Waals surface area contributed by atoms with Crippen LogP contribution in [0.15, 0.2) is 11.5 Å². The minimum absolute atomic E-state index is 0.0424. The van der Waals surface area contributed by atoms with E-state index in [-0.39, 0.29) is 11.9 Å². The number of hydrogen-bond acceptors (Lipinski definition) is 6. The maximum Gasteiger partial charge on any atom is 0.233 e. The standard InChI is InChI=1S/C11H19N5O3S2/c1-15-8-12-13-11(15)20-7-10(17)16-5-3-9(4-6-16)14-21(2,18)19/h8-9,14H,3-7H2,1-2H3. The molecule has 1 aromatic heterocycles. The zero-order chi connectivity index (χ0) is 15.5. The lowest BCUT2D eigenvalue weighted by atomic mass is 10.1. The molecule has 10 heteroatoms. The zero-order valence-corrected chi connectivity index (χ0v) is 13.7. The molecule has 0 bridgehead atoms. The van der Waals surface area contributed by atoms with E-state index >= 15 is 0 Å². The third-order valence-electron chi connectivity index (χ3n) is 3.22. The second-order valence-corrected chi connectivity index (χ2v) is 7.78. The Bertz CT molecular complexity index is 593. The number of sulfonamides is 1. The molecule has 1 amide bonds. The lowest BCUT2D eigenvalue weighted by molar-refractivity contribution is -0.129. The van der Waals surface area contributed by atoms with Gasteiger partial charge in [0, 0.05) is 26.2 Å². The summed E-state index contributed by atoms with van der Waals surface area (Å²) in [5, 5.41) is 8.38. The molecule has 0 atom stereocenters. The molecule has 0 unspecified atom stereocenters. The summed E-state index contributed by atoms with van der Waals surface area (Å²) in [6, 6.07) is -0.0737. The van der Waals surface area contributed by atoms with Gasteiger partial charge in [-0.3, -0.25) is 4.79 Å². The first kappa shape index (κ1) is 16.2. The van der Waals surface area contributed by atoms with Gasteiger partial charge in [-0.1, -0.05) is 11.8 Å². The topological polar surface area (TPSA) is 97.2 Å². The molecule has 1 aliphatic heterocycles. The average molecular weight is 333 g/mol. The van der Waals surface area contributed by atoms with E-state index in [4.69, 9.17) is 0 Å². The van der Waals surface area contributed by atoms with Crippen molar-refractivity contribution in [3.63, 3.8) is 0 Å². The summed E-state index contributed by atoms with van der Waals surface area (Å²) in [7, 11) is -1.35. The summed E-state index contributed by atoms with van der Waals surface area (Å²) in [6.07, 6.45) is 4.04. The van der Waals surface area contributed by atoms with Crippen molar-refractivity contribution in [2.45, 2.75) is 24.0 Å². The van der Waals surface area contributed by atoms with Gasteiger partial charge in [0.25, 0.3) is 0 Å². The van der Waals surface area contributed by atoms with E-state index < -0.39 is 10.0 Å².